The minimum absolute atomic E-state index is 0.147. The zero-order valence-electron chi connectivity index (χ0n) is 32.0. The molecule has 0 radical (unpaired) electrons. The van der Waals surface area contributed by atoms with Crippen LogP contribution in [0.2, 0.25) is 0 Å². The van der Waals surface area contributed by atoms with Crippen molar-refractivity contribution in [1.82, 2.24) is 25.5 Å². The molecule has 2 aromatic carbocycles. The lowest BCUT2D eigenvalue weighted by molar-refractivity contribution is -0.137. The van der Waals surface area contributed by atoms with Gasteiger partial charge in [-0.1, -0.05) is 12.1 Å². The number of urea groups is 1. The first-order valence-electron chi connectivity index (χ1n) is 18.4. The van der Waals surface area contributed by atoms with E-state index in [0.29, 0.717) is 30.2 Å². The second-order valence-electron chi connectivity index (χ2n) is 14.2. The number of imide groups is 1. The van der Waals surface area contributed by atoms with Crippen LogP contribution in [0.5, 0.6) is 5.75 Å². The summed E-state index contributed by atoms with van der Waals surface area (Å²) in [6.45, 7) is 8.23. The van der Waals surface area contributed by atoms with Crippen LogP contribution in [0.25, 0.3) is 0 Å². The van der Waals surface area contributed by atoms with Gasteiger partial charge < -0.3 is 25.6 Å². The molecule has 2 aliphatic heterocycles. The summed E-state index contributed by atoms with van der Waals surface area (Å²) in [5.41, 5.74) is 3.25. The maximum Gasteiger partial charge on any atom is 0.419 e. The monoisotopic (exact) mass is 773 g/mol. The highest BCUT2D eigenvalue weighted by atomic mass is 19.4. The van der Waals surface area contributed by atoms with Crippen molar-refractivity contribution in [3.63, 3.8) is 0 Å². The molecule has 0 unspecified atom stereocenters. The normalized spacial score (nSPS) is 15.2. The highest BCUT2D eigenvalue weighted by molar-refractivity contribution is 6.05. The molecule has 0 spiro atoms. The van der Waals surface area contributed by atoms with Gasteiger partial charge in [0.25, 0.3) is 5.91 Å². The van der Waals surface area contributed by atoms with Gasteiger partial charge in [-0.25, -0.2) is 9.78 Å². The lowest BCUT2D eigenvalue weighted by atomic mass is 10.0. The number of halogens is 3. The molecule has 2 fully saturated rings. The van der Waals surface area contributed by atoms with Gasteiger partial charge in [-0.3, -0.25) is 29.7 Å². The molecule has 4 N–H and O–H groups in total. The van der Waals surface area contributed by atoms with Crippen LogP contribution < -0.4 is 35.8 Å². The predicted molar refractivity (Wildman–Crippen MR) is 209 cm³/mol. The van der Waals surface area contributed by atoms with Crippen LogP contribution >= 0.6 is 0 Å². The van der Waals surface area contributed by atoms with Crippen LogP contribution in [-0.2, 0) is 17.5 Å². The van der Waals surface area contributed by atoms with Gasteiger partial charge in [0.2, 0.25) is 5.91 Å². The minimum atomic E-state index is -4.71. The molecule has 2 aliphatic rings. The number of piperidine rings is 1. The van der Waals surface area contributed by atoms with E-state index in [2.05, 4.69) is 48.1 Å². The summed E-state index contributed by atoms with van der Waals surface area (Å²) in [6.07, 6.45) is 1.22. The number of aromatic nitrogens is 2. The number of ether oxygens (including phenoxy) is 1. The number of carbonyl (C=O) groups excluding carboxylic acids is 3. The molecule has 296 valence electrons. The van der Waals surface area contributed by atoms with E-state index in [-0.39, 0.29) is 47.2 Å². The third-order valence-corrected chi connectivity index (χ3v) is 9.88. The van der Waals surface area contributed by atoms with Crippen molar-refractivity contribution in [3.05, 3.63) is 89.4 Å². The van der Waals surface area contributed by atoms with Gasteiger partial charge in [0.1, 0.15) is 11.6 Å². The van der Waals surface area contributed by atoms with Crippen molar-refractivity contribution in [1.29, 1.82) is 0 Å². The highest BCUT2D eigenvalue weighted by Gasteiger charge is 2.35. The van der Waals surface area contributed by atoms with Crippen molar-refractivity contribution in [2.75, 3.05) is 54.2 Å². The number of anilines is 6. The molecule has 2 aromatic heterocycles. The Hall–Kier alpha value is -5.90. The molecule has 56 heavy (non-hydrogen) atoms. The first kappa shape index (κ1) is 39.8. The van der Waals surface area contributed by atoms with E-state index < -0.39 is 23.7 Å². The fourth-order valence-electron chi connectivity index (χ4n) is 7.06. The van der Waals surface area contributed by atoms with E-state index in [1.807, 2.05) is 39.0 Å². The average Bonchev–Trinajstić information content (AvgIpc) is 3.15. The molecule has 0 bridgehead atoms. The van der Waals surface area contributed by atoms with Gasteiger partial charge in [0.05, 0.1) is 46.2 Å². The Bertz CT molecular complexity index is 2090. The maximum atomic E-state index is 14.2. The Kier molecular flexibility index (Phi) is 12.0. The first-order chi connectivity index (χ1) is 26.7. The second kappa shape index (κ2) is 16.9. The largest absolute Gasteiger partial charge is 0.489 e. The van der Waals surface area contributed by atoms with Crippen LogP contribution in [0.4, 0.5) is 52.2 Å². The predicted octanol–water partition coefficient (Wildman–Crippen LogP) is 6.98. The van der Waals surface area contributed by atoms with Gasteiger partial charge in [-0.2, -0.15) is 13.2 Å². The Morgan fingerprint density at radius 2 is 1.75 bits per heavy atom. The zero-order chi connectivity index (χ0) is 40.1. The molecule has 0 saturated carbocycles. The number of alkyl halides is 3. The lowest BCUT2D eigenvalue weighted by Gasteiger charge is -2.39. The number of hydrogen-bond acceptors (Lipinski definition) is 10. The smallest absolute Gasteiger partial charge is 0.419 e. The summed E-state index contributed by atoms with van der Waals surface area (Å²) in [4.78, 5) is 51.3. The van der Waals surface area contributed by atoms with Crippen LogP contribution in [-0.4, -0.2) is 78.6 Å². The molecule has 4 aromatic rings. The number of benzene rings is 2. The molecule has 0 aliphatic carbocycles. The summed E-state index contributed by atoms with van der Waals surface area (Å²) in [7, 11) is 3.52. The minimum Gasteiger partial charge on any atom is -0.489 e. The van der Waals surface area contributed by atoms with Crippen molar-refractivity contribution < 1.29 is 32.3 Å². The number of nitrogens with one attached hydrogen (secondary N) is 4. The number of nitrogens with zero attached hydrogens (tertiary/aromatic N) is 5. The molecule has 0 atom stereocenters. The van der Waals surface area contributed by atoms with Gasteiger partial charge in [0, 0.05) is 75.9 Å². The summed E-state index contributed by atoms with van der Waals surface area (Å²) in [6, 6.07) is 13.2. The van der Waals surface area contributed by atoms with E-state index in [4.69, 9.17) is 4.74 Å². The third kappa shape index (κ3) is 9.13. The zero-order valence-corrected chi connectivity index (χ0v) is 32.0. The van der Waals surface area contributed by atoms with Crippen molar-refractivity contribution in [2.45, 2.75) is 64.9 Å². The number of carbonyl (C=O) groups is 3. The van der Waals surface area contributed by atoms with Crippen molar-refractivity contribution in [2.24, 2.45) is 0 Å². The van der Waals surface area contributed by atoms with E-state index in [1.165, 1.54) is 25.2 Å². The Balaban J connectivity index is 1.18. The second-order valence-corrected chi connectivity index (χ2v) is 14.2. The third-order valence-electron chi connectivity index (χ3n) is 9.88. The van der Waals surface area contributed by atoms with E-state index in [9.17, 15) is 27.6 Å². The Morgan fingerprint density at radius 1 is 1.00 bits per heavy atom. The van der Waals surface area contributed by atoms with Crippen LogP contribution in [0, 0.1) is 6.92 Å². The number of amides is 4. The molecule has 6 rings (SSSR count). The molecule has 4 heterocycles. The van der Waals surface area contributed by atoms with Crippen molar-refractivity contribution >= 4 is 52.1 Å². The fourth-order valence-corrected chi connectivity index (χ4v) is 7.06. The SMILES string of the molecule is CNC(=O)c1ccccc1Nc1cc(Nc2cc(C)c(N3CCC(N(C)Cc4ccncc4N4CCC(=O)NC4=O)CC3)cc2OC(C)C)ncc1C(F)(F)F. The summed E-state index contributed by atoms with van der Waals surface area (Å²) >= 11 is 0. The van der Waals surface area contributed by atoms with Gasteiger partial charge in [0.15, 0.2) is 0 Å². The Morgan fingerprint density at radius 3 is 2.45 bits per heavy atom. The average molecular weight is 774 g/mol. The number of aryl methyl sites for hydroxylation is 1. The van der Waals surface area contributed by atoms with Crippen LogP contribution in [0.15, 0.2) is 67.1 Å². The standard InChI is InChI=1S/C40H46F3N9O4/c1-24(2)56-35-20-33(51-15-11-27(12-16-51)50(5)23-26-10-14-45-22-34(26)52-17-13-37(53)49-39(52)55)25(3)18-32(35)48-36-19-31(29(21-46-36)40(41,42)43)47-30-9-7-6-8-28(30)38(54)44-4/h6-10,14,18-22,24,27H,11-13,15-17,23H2,1-5H3,(H,44,54)(H2,46,47,48)(H,49,53,55). The molecule has 2 saturated heterocycles. The van der Waals surface area contributed by atoms with Gasteiger partial charge >= 0.3 is 12.2 Å². The highest BCUT2D eigenvalue weighted by Crippen LogP contribution is 2.40. The topological polar surface area (TPSA) is 144 Å². The molecule has 13 nitrogen and oxygen atoms in total. The summed E-state index contributed by atoms with van der Waals surface area (Å²) < 4.78 is 48.7. The number of rotatable bonds is 12. The molecule has 4 amide bonds. The maximum absolute atomic E-state index is 14.2. The van der Waals surface area contributed by atoms with Gasteiger partial charge in [-0.05, 0) is 76.1 Å². The molecule has 16 heteroatoms. The van der Waals surface area contributed by atoms with E-state index in [0.717, 1.165) is 48.9 Å². The van der Waals surface area contributed by atoms with Crippen LogP contribution in [0.3, 0.4) is 0 Å². The van der Waals surface area contributed by atoms with E-state index >= 15 is 0 Å². The Labute approximate surface area is 323 Å². The number of para-hydroxylation sites is 1. The van der Waals surface area contributed by atoms with Crippen LogP contribution in [0.1, 0.15) is 60.2 Å². The summed E-state index contributed by atoms with van der Waals surface area (Å²) in [5.74, 6) is -0.0600. The first-order valence-corrected chi connectivity index (χ1v) is 18.4. The fraction of sp³-hybridized carbons (Fsp3) is 0.375. The molecular formula is C40H46F3N9O4. The molecular weight excluding hydrogens is 727 g/mol. The van der Waals surface area contributed by atoms with Gasteiger partial charge in [-0.15, -0.1) is 0 Å². The summed E-state index contributed by atoms with van der Waals surface area (Å²) in [5, 5.41) is 10.9. The van der Waals surface area contributed by atoms with E-state index in [1.54, 1.807) is 29.4 Å². The van der Waals surface area contributed by atoms with Crippen molar-refractivity contribution in [3.8, 4) is 5.75 Å². The number of pyridine rings is 2. The lowest BCUT2D eigenvalue weighted by Crippen LogP contribution is -2.50. The quantitative estimate of drug-likeness (QED) is 0.119. The number of hydrogen-bond donors (Lipinski definition) is 4.